The molecule has 0 radical (unpaired) electrons. The first-order valence-corrected chi connectivity index (χ1v) is 13.8. The summed E-state index contributed by atoms with van der Waals surface area (Å²) in [5.41, 5.74) is 0. The van der Waals surface area contributed by atoms with Crippen molar-refractivity contribution in [3.05, 3.63) is 12.2 Å². The van der Waals surface area contributed by atoms with Crippen LogP contribution in [0.4, 0.5) is 0 Å². The molecular formula is C28H57N. The van der Waals surface area contributed by atoms with Crippen molar-refractivity contribution in [1.29, 1.82) is 0 Å². The molecule has 0 heterocycles. The molecule has 0 bridgehead atoms. The maximum atomic E-state index is 3.63. The van der Waals surface area contributed by atoms with Gasteiger partial charge in [0.15, 0.2) is 0 Å². The van der Waals surface area contributed by atoms with E-state index in [0.29, 0.717) is 0 Å². The van der Waals surface area contributed by atoms with Gasteiger partial charge in [-0.1, -0.05) is 135 Å². The molecule has 0 atom stereocenters. The van der Waals surface area contributed by atoms with Gasteiger partial charge in [0, 0.05) is 0 Å². The summed E-state index contributed by atoms with van der Waals surface area (Å²) in [5.74, 6) is 0. The van der Waals surface area contributed by atoms with Crippen molar-refractivity contribution in [1.82, 2.24) is 5.32 Å². The predicted molar refractivity (Wildman–Crippen MR) is 135 cm³/mol. The van der Waals surface area contributed by atoms with Crippen LogP contribution in [0.15, 0.2) is 12.2 Å². The van der Waals surface area contributed by atoms with Gasteiger partial charge in [0.1, 0.15) is 0 Å². The van der Waals surface area contributed by atoms with Gasteiger partial charge in [-0.05, 0) is 45.2 Å². The smallest absolute Gasteiger partial charge is 0.00489 e. The minimum absolute atomic E-state index is 1.22. The number of nitrogens with one attached hydrogen (secondary N) is 1. The summed E-state index contributed by atoms with van der Waals surface area (Å²) in [5, 5.41) is 3.63. The van der Waals surface area contributed by atoms with Crippen LogP contribution in [0.5, 0.6) is 0 Å². The lowest BCUT2D eigenvalue weighted by atomic mass is 10.0. The summed E-state index contributed by atoms with van der Waals surface area (Å²) in [7, 11) is 0. The van der Waals surface area contributed by atoms with Gasteiger partial charge in [-0.15, -0.1) is 0 Å². The highest BCUT2D eigenvalue weighted by molar-refractivity contribution is 4.80. The zero-order valence-electron chi connectivity index (χ0n) is 20.6. The molecular weight excluding hydrogens is 350 g/mol. The molecule has 1 N–H and O–H groups in total. The van der Waals surface area contributed by atoms with Gasteiger partial charge in [-0.25, -0.2) is 0 Å². The third-order valence-corrected chi connectivity index (χ3v) is 6.05. The zero-order valence-corrected chi connectivity index (χ0v) is 20.6. The van der Waals surface area contributed by atoms with E-state index in [0.717, 1.165) is 0 Å². The molecule has 0 spiro atoms. The molecule has 0 aliphatic rings. The van der Waals surface area contributed by atoms with Gasteiger partial charge in [0.25, 0.3) is 0 Å². The topological polar surface area (TPSA) is 12.0 Å². The number of hydrogen-bond acceptors (Lipinski definition) is 1. The Morgan fingerprint density at radius 3 is 1.21 bits per heavy atom. The monoisotopic (exact) mass is 407 g/mol. The van der Waals surface area contributed by atoms with Gasteiger partial charge in [0.05, 0.1) is 0 Å². The molecule has 1 heteroatoms. The number of rotatable bonds is 25. The lowest BCUT2D eigenvalue weighted by Gasteiger charge is -2.05. The standard InChI is InChI=1S/C28H57N/c1-3-5-7-9-11-13-14-15-16-17-18-19-20-22-24-26-28-29-27-25-23-21-12-10-8-6-4-2/h8,10,29H,3-7,9,11-28H2,1-2H3/b10-8+. The van der Waals surface area contributed by atoms with Crippen LogP contribution in [0.1, 0.15) is 155 Å². The Bertz CT molecular complexity index is 297. The van der Waals surface area contributed by atoms with Crippen molar-refractivity contribution < 1.29 is 0 Å². The van der Waals surface area contributed by atoms with Gasteiger partial charge < -0.3 is 5.32 Å². The summed E-state index contributed by atoms with van der Waals surface area (Å²) in [4.78, 5) is 0. The molecule has 0 fully saturated rings. The third kappa shape index (κ3) is 27.7. The van der Waals surface area contributed by atoms with Crippen LogP contribution in [-0.2, 0) is 0 Å². The summed E-state index contributed by atoms with van der Waals surface area (Å²) in [6.45, 7) is 7.00. The second-order valence-electron chi connectivity index (χ2n) is 9.16. The van der Waals surface area contributed by atoms with Crippen molar-refractivity contribution in [3.8, 4) is 0 Å². The van der Waals surface area contributed by atoms with Crippen molar-refractivity contribution in [2.24, 2.45) is 0 Å². The highest BCUT2D eigenvalue weighted by Crippen LogP contribution is 2.13. The third-order valence-electron chi connectivity index (χ3n) is 6.05. The van der Waals surface area contributed by atoms with Crippen molar-refractivity contribution in [2.45, 2.75) is 155 Å². The number of hydrogen-bond donors (Lipinski definition) is 1. The van der Waals surface area contributed by atoms with Crippen LogP contribution in [-0.4, -0.2) is 13.1 Å². The normalized spacial score (nSPS) is 11.7. The molecule has 0 unspecified atom stereocenters. The van der Waals surface area contributed by atoms with E-state index in [1.54, 1.807) is 0 Å². The Hall–Kier alpha value is -0.300. The second-order valence-corrected chi connectivity index (χ2v) is 9.16. The Kier molecular flexibility index (Phi) is 27.4. The summed E-state index contributed by atoms with van der Waals surface area (Å²) < 4.78 is 0. The van der Waals surface area contributed by atoms with Crippen LogP contribution in [0, 0.1) is 0 Å². The van der Waals surface area contributed by atoms with Crippen molar-refractivity contribution >= 4 is 0 Å². The van der Waals surface area contributed by atoms with Crippen LogP contribution < -0.4 is 5.32 Å². The fourth-order valence-electron chi connectivity index (χ4n) is 4.01. The first kappa shape index (κ1) is 28.7. The zero-order chi connectivity index (χ0) is 21.1. The Balaban J connectivity index is 3.00. The fourth-order valence-corrected chi connectivity index (χ4v) is 4.01. The van der Waals surface area contributed by atoms with Crippen molar-refractivity contribution in [2.75, 3.05) is 13.1 Å². The molecule has 29 heavy (non-hydrogen) atoms. The molecule has 0 aromatic heterocycles. The molecule has 1 nitrogen and oxygen atoms in total. The quantitative estimate of drug-likeness (QED) is 0.117. The lowest BCUT2D eigenvalue weighted by Crippen LogP contribution is -2.16. The van der Waals surface area contributed by atoms with Crippen LogP contribution >= 0.6 is 0 Å². The van der Waals surface area contributed by atoms with Gasteiger partial charge in [-0.3, -0.25) is 0 Å². The predicted octanol–water partition coefficient (Wildman–Crippen LogP) is 9.75. The van der Waals surface area contributed by atoms with Crippen LogP contribution in [0.2, 0.25) is 0 Å². The first-order chi connectivity index (χ1) is 14.4. The van der Waals surface area contributed by atoms with Gasteiger partial charge >= 0.3 is 0 Å². The minimum Gasteiger partial charge on any atom is -0.317 e. The molecule has 0 aromatic rings. The average molecular weight is 408 g/mol. The summed E-state index contributed by atoms with van der Waals surface area (Å²) >= 11 is 0. The Morgan fingerprint density at radius 1 is 0.379 bits per heavy atom. The largest absolute Gasteiger partial charge is 0.317 e. The van der Waals surface area contributed by atoms with Gasteiger partial charge in [-0.2, -0.15) is 0 Å². The number of allylic oxidation sites excluding steroid dienone is 2. The Morgan fingerprint density at radius 2 is 0.759 bits per heavy atom. The van der Waals surface area contributed by atoms with E-state index in [1.807, 2.05) is 0 Å². The molecule has 0 aliphatic heterocycles. The van der Waals surface area contributed by atoms with E-state index in [1.165, 1.54) is 154 Å². The van der Waals surface area contributed by atoms with E-state index < -0.39 is 0 Å². The summed E-state index contributed by atoms with van der Waals surface area (Å²) in [6, 6.07) is 0. The lowest BCUT2D eigenvalue weighted by molar-refractivity contribution is 0.523. The maximum absolute atomic E-state index is 3.63. The average Bonchev–Trinajstić information content (AvgIpc) is 2.74. The van der Waals surface area contributed by atoms with E-state index in [4.69, 9.17) is 0 Å². The SMILES string of the molecule is CCC/C=C/CCCCCNCCCCCCCCCCCCCCCCCC. The minimum atomic E-state index is 1.22. The van der Waals surface area contributed by atoms with E-state index in [2.05, 4.69) is 31.3 Å². The molecule has 0 saturated carbocycles. The van der Waals surface area contributed by atoms with Crippen LogP contribution in [0.25, 0.3) is 0 Å². The van der Waals surface area contributed by atoms with E-state index in [-0.39, 0.29) is 0 Å². The molecule has 0 rings (SSSR count). The fraction of sp³-hybridized carbons (Fsp3) is 0.929. The van der Waals surface area contributed by atoms with Crippen LogP contribution in [0.3, 0.4) is 0 Å². The first-order valence-electron chi connectivity index (χ1n) is 13.8. The molecule has 174 valence electrons. The Labute approximate surface area is 185 Å². The molecule has 0 aliphatic carbocycles. The van der Waals surface area contributed by atoms with Gasteiger partial charge in [0.2, 0.25) is 0 Å². The van der Waals surface area contributed by atoms with E-state index >= 15 is 0 Å². The van der Waals surface area contributed by atoms with Crippen molar-refractivity contribution in [3.63, 3.8) is 0 Å². The highest BCUT2D eigenvalue weighted by Gasteiger charge is 1.95. The molecule has 0 aromatic carbocycles. The number of unbranched alkanes of at least 4 members (excludes halogenated alkanes) is 19. The highest BCUT2D eigenvalue weighted by atomic mass is 14.8. The molecule has 0 saturated heterocycles. The van der Waals surface area contributed by atoms with E-state index in [9.17, 15) is 0 Å². The maximum Gasteiger partial charge on any atom is -0.00489 e. The summed E-state index contributed by atoms with van der Waals surface area (Å²) in [6.07, 6.45) is 35.9. The second kappa shape index (κ2) is 27.7. The molecule has 0 amide bonds.